The average molecular weight is 497 g/mol. The summed E-state index contributed by atoms with van der Waals surface area (Å²) in [6.07, 6.45) is 1.20. The van der Waals surface area contributed by atoms with Crippen LogP contribution in [0.2, 0.25) is 0 Å². The highest BCUT2D eigenvalue weighted by molar-refractivity contribution is 5.93. The number of aryl methyl sites for hydroxylation is 1. The highest BCUT2D eigenvalue weighted by Crippen LogP contribution is 2.49. The van der Waals surface area contributed by atoms with E-state index < -0.39 is 12.0 Å². The fourth-order valence-electron chi connectivity index (χ4n) is 5.02. The van der Waals surface area contributed by atoms with Gasteiger partial charge in [0, 0.05) is 23.4 Å². The number of amides is 1. The molecular formula is C32H36N2O3. The van der Waals surface area contributed by atoms with E-state index in [2.05, 4.69) is 82.1 Å². The number of nitrogens with one attached hydrogen (secondary N) is 2. The van der Waals surface area contributed by atoms with E-state index in [0.717, 1.165) is 24.1 Å². The van der Waals surface area contributed by atoms with Crippen LogP contribution in [0.15, 0.2) is 60.7 Å². The molecule has 1 aliphatic rings. The number of carbonyl (C=O) groups is 1. The second kappa shape index (κ2) is 10.4. The molecule has 0 aliphatic heterocycles. The van der Waals surface area contributed by atoms with Gasteiger partial charge >= 0.3 is 0 Å². The monoisotopic (exact) mass is 496 g/mol. The number of rotatable bonds is 5. The zero-order valence-electron chi connectivity index (χ0n) is 22.3. The SMILES string of the molecule is Cc1ccc(CNc2cc(C(O)C#Cc3ccc(C(=O)NO)cc3)cc3c2C(C)(C)CCC3(C)C)cc1. The first kappa shape index (κ1) is 26.5. The molecule has 1 aliphatic carbocycles. The van der Waals surface area contributed by atoms with Gasteiger partial charge in [0.2, 0.25) is 0 Å². The lowest BCUT2D eigenvalue weighted by atomic mass is 9.62. The number of carbonyl (C=O) groups excluding carboxylic acids is 1. The summed E-state index contributed by atoms with van der Waals surface area (Å²) < 4.78 is 0. The number of anilines is 1. The zero-order valence-corrected chi connectivity index (χ0v) is 22.3. The van der Waals surface area contributed by atoms with E-state index in [1.165, 1.54) is 22.3 Å². The molecule has 5 nitrogen and oxygen atoms in total. The maximum absolute atomic E-state index is 11.5. The Labute approximate surface area is 219 Å². The Morgan fingerprint density at radius 3 is 2.27 bits per heavy atom. The van der Waals surface area contributed by atoms with Gasteiger partial charge in [-0.25, -0.2) is 5.48 Å². The number of hydrogen-bond acceptors (Lipinski definition) is 4. The highest BCUT2D eigenvalue weighted by Gasteiger charge is 2.39. The van der Waals surface area contributed by atoms with E-state index in [0.29, 0.717) is 17.7 Å². The van der Waals surface area contributed by atoms with E-state index in [4.69, 9.17) is 5.21 Å². The Kier molecular flexibility index (Phi) is 7.45. The molecule has 0 radical (unpaired) electrons. The van der Waals surface area contributed by atoms with Crippen LogP contribution in [0.4, 0.5) is 5.69 Å². The Morgan fingerprint density at radius 2 is 1.62 bits per heavy atom. The van der Waals surface area contributed by atoms with E-state index in [1.807, 2.05) is 6.07 Å². The average Bonchev–Trinajstić information content (AvgIpc) is 2.89. The van der Waals surface area contributed by atoms with Crippen molar-refractivity contribution >= 4 is 11.6 Å². The first-order valence-electron chi connectivity index (χ1n) is 12.7. The van der Waals surface area contributed by atoms with Crippen molar-refractivity contribution < 1.29 is 15.1 Å². The summed E-state index contributed by atoms with van der Waals surface area (Å²) in [6.45, 7) is 11.9. The third kappa shape index (κ3) is 5.88. The van der Waals surface area contributed by atoms with Crippen molar-refractivity contribution in [1.82, 2.24) is 5.48 Å². The molecule has 1 amide bonds. The fraction of sp³-hybridized carbons (Fsp3) is 0.344. The third-order valence-corrected chi connectivity index (χ3v) is 7.46. The Morgan fingerprint density at radius 1 is 0.973 bits per heavy atom. The van der Waals surface area contributed by atoms with Crippen molar-refractivity contribution in [2.24, 2.45) is 0 Å². The van der Waals surface area contributed by atoms with Gasteiger partial charge in [-0.15, -0.1) is 0 Å². The van der Waals surface area contributed by atoms with Gasteiger partial charge in [-0.2, -0.15) is 0 Å². The molecule has 3 aromatic carbocycles. The summed E-state index contributed by atoms with van der Waals surface area (Å²) in [7, 11) is 0. The van der Waals surface area contributed by atoms with Crippen LogP contribution in [0.25, 0.3) is 0 Å². The smallest absolute Gasteiger partial charge is 0.274 e. The quantitative estimate of drug-likeness (QED) is 0.194. The molecule has 37 heavy (non-hydrogen) atoms. The largest absolute Gasteiger partial charge is 0.381 e. The number of benzene rings is 3. The first-order chi connectivity index (χ1) is 17.5. The summed E-state index contributed by atoms with van der Waals surface area (Å²) in [4.78, 5) is 11.5. The zero-order chi connectivity index (χ0) is 26.8. The van der Waals surface area contributed by atoms with Crippen molar-refractivity contribution in [3.05, 3.63) is 99.6 Å². The molecule has 1 atom stereocenters. The van der Waals surface area contributed by atoms with Crippen molar-refractivity contribution in [3.8, 4) is 11.8 Å². The van der Waals surface area contributed by atoms with Gasteiger partial charge in [-0.1, -0.05) is 75.4 Å². The van der Waals surface area contributed by atoms with Gasteiger partial charge in [-0.3, -0.25) is 10.0 Å². The van der Waals surface area contributed by atoms with Gasteiger partial charge in [0.1, 0.15) is 6.10 Å². The molecule has 3 aromatic rings. The molecule has 4 N–H and O–H groups in total. The third-order valence-electron chi connectivity index (χ3n) is 7.46. The second-order valence-corrected chi connectivity index (χ2v) is 11.3. The van der Waals surface area contributed by atoms with Crippen molar-refractivity contribution in [3.63, 3.8) is 0 Å². The standard InChI is InChI=1S/C32H36N2O3/c1-21-6-8-23(9-7-21)20-33-27-19-25(18-26-29(27)32(4,5)17-16-31(26,2)3)28(35)15-12-22-10-13-24(14-11-22)30(36)34-37/h6-11,13-14,18-19,28,33,35,37H,16-17,20H2,1-5H3,(H,34,36). The van der Waals surface area contributed by atoms with Crippen LogP contribution in [0.3, 0.4) is 0 Å². The van der Waals surface area contributed by atoms with E-state index >= 15 is 0 Å². The molecule has 0 heterocycles. The van der Waals surface area contributed by atoms with Gasteiger partial charge in [0.25, 0.3) is 5.91 Å². The molecule has 5 heteroatoms. The normalized spacial score (nSPS) is 16.1. The first-order valence-corrected chi connectivity index (χ1v) is 12.7. The second-order valence-electron chi connectivity index (χ2n) is 11.3. The van der Waals surface area contributed by atoms with Gasteiger partial charge < -0.3 is 10.4 Å². The summed E-state index contributed by atoms with van der Waals surface area (Å²) in [5.74, 6) is 5.40. The van der Waals surface area contributed by atoms with Crippen molar-refractivity contribution in [1.29, 1.82) is 0 Å². The maximum atomic E-state index is 11.5. The Balaban J connectivity index is 1.69. The Hall–Kier alpha value is -3.59. The molecule has 4 rings (SSSR count). The van der Waals surface area contributed by atoms with Gasteiger partial charge in [-0.05, 0) is 83.2 Å². The molecule has 0 spiro atoms. The van der Waals surface area contributed by atoms with Crippen LogP contribution in [-0.2, 0) is 17.4 Å². The van der Waals surface area contributed by atoms with Crippen molar-refractivity contribution in [2.75, 3.05) is 5.32 Å². The highest BCUT2D eigenvalue weighted by atomic mass is 16.5. The molecule has 0 bridgehead atoms. The molecule has 1 unspecified atom stereocenters. The summed E-state index contributed by atoms with van der Waals surface area (Å²) in [5, 5.41) is 23.6. The Bertz CT molecular complexity index is 1340. The number of hydrogen-bond donors (Lipinski definition) is 4. The summed E-state index contributed by atoms with van der Waals surface area (Å²) in [6, 6.07) is 19.3. The van der Waals surface area contributed by atoms with Crippen LogP contribution in [-0.4, -0.2) is 16.2 Å². The molecule has 0 saturated heterocycles. The van der Waals surface area contributed by atoms with E-state index in [-0.39, 0.29) is 10.8 Å². The minimum Gasteiger partial charge on any atom is -0.381 e. The number of fused-ring (bicyclic) bond motifs is 1. The van der Waals surface area contributed by atoms with Gasteiger partial charge in [0.05, 0.1) is 0 Å². The van der Waals surface area contributed by atoms with Crippen LogP contribution < -0.4 is 10.8 Å². The van der Waals surface area contributed by atoms with Crippen molar-refractivity contribution in [2.45, 2.75) is 70.9 Å². The summed E-state index contributed by atoms with van der Waals surface area (Å²) in [5.41, 5.74) is 9.44. The number of hydroxylamine groups is 1. The predicted molar refractivity (Wildman–Crippen MR) is 148 cm³/mol. The van der Waals surface area contributed by atoms with E-state index in [1.54, 1.807) is 29.7 Å². The molecule has 0 saturated carbocycles. The van der Waals surface area contributed by atoms with Crippen LogP contribution in [0, 0.1) is 18.8 Å². The fourth-order valence-corrected chi connectivity index (χ4v) is 5.02. The maximum Gasteiger partial charge on any atom is 0.274 e. The van der Waals surface area contributed by atoms with Crippen LogP contribution in [0.1, 0.15) is 90.4 Å². The molecule has 0 fully saturated rings. The summed E-state index contributed by atoms with van der Waals surface area (Å²) >= 11 is 0. The topological polar surface area (TPSA) is 81.6 Å². The minimum absolute atomic E-state index is 0.0121. The predicted octanol–water partition coefficient (Wildman–Crippen LogP) is 6.16. The lowest BCUT2D eigenvalue weighted by molar-refractivity contribution is 0.0706. The minimum atomic E-state index is -0.966. The van der Waals surface area contributed by atoms with E-state index in [9.17, 15) is 9.90 Å². The number of aliphatic hydroxyl groups is 1. The lowest BCUT2D eigenvalue weighted by Crippen LogP contribution is -2.35. The van der Waals surface area contributed by atoms with Gasteiger partial charge in [0.15, 0.2) is 0 Å². The molecule has 0 aromatic heterocycles. The lowest BCUT2D eigenvalue weighted by Gasteiger charge is -2.43. The molecule has 192 valence electrons. The van der Waals surface area contributed by atoms with Crippen LogP contribution in [0.5, 0.6) is 0 Å². The molecular weight excluding hydrogens is 460 g/mol. The van der Waals surface area contributed by atoms with Crippen LogP contribution >= 0.6 is 0 Å². The number of aliphatic hydroxyl groups excluding tert-OH is 1.